The van der Waals surface area contributed by atoms with Crippen LogP contribution in [0.1, 0.15) is 54.5 Å². The highest BCUT2D eigenvalue weighted by Crippen LogP contribution is 2.43. The number of carboxylic acids is 1. The Morgan fingerprint density at radius 1 is 1.03 bits per heavy atom. The maximum absolute atomic E-state index is 10.9. The molecule has 1 N–H and O–H groups in total. The van der Waals surface area contributed by atoms with Crippen LogP contribution in [0.3, 0.4) is 0 Å². The van der Waals surface area contributed by atoms with Gasteiger partial charge in [-0.1, -0.05) is 74.5 Å². The van der Waals surface area contributed by atoms with Crippen LogP contribution in [-0.2, 0) is 16.8 Å². The fourth-order valence-corrected chi connectivity index (χ4v) is 4.65. The van der Waals surface area contributed by atoms with Gasteiger partial charge in [-0.05, 0) is 65.3 Å². The van der Waals surface area contributed by atoms with Gasteiger partial charge >= 0.3 is 5.97 Å². The molecule has 3 aromatic carbocycles. The summed E-state index contributed by atoms with van der Waals surface area (Å²) >= 11 is 0. The average molecular weight is 412 g/mol. The lowest BCUT2D eigenvalue weighted by Gasteiger charge is -2.48. The van der Waals surface area contributed by atoms with Crippen molar-refractivity contribution in [2.45, 2.75) is 38.6 Å². The quantitative estimate of drug-likeness (QED) is 0.506. The van der Waals surface area contributed by atoms with Crippen molar-refractivity contribution >= 4 is 17.7 Å². The summed E-state index contributed by atoms with van der Waals surface area (Å²) in [5, 5.41) is 8.91. The summed E-state index contributed by atoms with van der Waals surface area (Å²) in [5.41, 5.74) is 7.04. The molecule has 4 rings (SSSR count). The largest absolute Gasteiger partial charge is 0.478 e. The first-order valence-electron chi connectivity index (χ1n) is 10.9. The molecule has 1 atom stereocenters. The third-order valence-corrected chi connectivity index (χ3v) is 6.43. The van der Waals surface area contributed by atoms with Gasteiger partial charge in [-0.3, -0.25) is 0 Å². The van der Waals surface area contributed by atoms with Gasteiger partial charge in [-0.15, -0.1) is 0 Å². The molecular weight excluding hydrogens is 382 g/mol. The molecule has 1 aliphatic heterocycles. The van der Waals surface area contributed by atoms with Crippen LogP contribution in [0.15, 0.2) is 78.9 Å². The summed E-state index contributed by atoms with van der Waals surface area (Å²) < 4.78 is 0. The summed E-state index contributed by atoms with van der Waals surface area (Å²) in [6.07, 6.45) is 3.82. The molecular formula is C28H29NO2. The highest BCUT2D eigenvalue weighted by Gasteiger charge is 2.40. The van der Waals surface area contributed by atoms with E-state index in [1.807, 2.05) is 12.1 Å². The average Bonchev–Trinajstić information content (AvgIpc) is 2.78. The first-order valence-corrected chi connectivity index (χ1v) is 10.9. The van der Waals surface area contributed by atoms with Crippen LogP contribution in [0.4, 0.5) is 5.69 Å². The van der Waals surface area contributed by atoms with E-state index in [0.717, 1.165) is 18.5 Å². The third-order valence-electron chi connectivity index (χ3n) is 6.43. The van der Waals surface area contributed by atoms with Gasteiger partial charge in [0.25, 0.3) is 0 Å². The molecule has 0 saturated carbocycles. The minimum Gasteiger partial charge on any atom is -0.478 e. The predicted octanol–water partition coefficient (Wildman–Crippen LogP) is 6.23. The van der Waals surface area contributed by atoms with Crippen LogP contribution in [0, 0.1) is 0 Å². The summed E-state index contributed by atoms with van der Waals surface area (Å²) in [5.74, 6) is -0.461. The van der Waals surface area contributed by atoms with Crippen LogP contribution in [0.2, 0.25) is 0 Å². The van der Waals surface area contributed by atoms with E-state index in [1.54, 1.807) is 6.08 Å². The SMILES string of the molecule is CC(C)c1cccc(N2CCc3ccccc3C2(C)c2ccc(/C=C/C(=O)O)cc2)c1. The van der Waals surface area contributed by atoms with Crippen LogP contribution in [-0.4, -0.2) is 17.6 Å². The van der Waals surface area contributed by atoms with Crippen molar-refractivity contribution in [1.82, 2.24) is 0 Å². The lowest BCUT2D eigenvalue weighted by Crippen LogP contribution is -2.49. The van der Waals surface area contributed by atoms with Crippen molar-refractivity contribution in [3.8, 4) is 0 Å². The minimum absolute atomic E-state index is 0.320. The number of benzene rings is 3. The van der Waals surface area contributed by atoms with Gasteiger partial charge in [0.1, 0.15) is 0 Å². The highest BCUT2D eigenvalue weighted by atomic mass is 16.4. The zero-order valence-electron chi connectivity index (χ0n) is 18.4. The second kappa shape index (κ2) is 8.43. The standard InChI is InChI=1S/C28H29NO2/c1-20(2)23-8-6-9-25(19-23)29-18-17-22-7-4-5-10-26(22)28(29,3)24-14-11-21(12-15-24)13-16-27(30)31/h4-16,19-20H,17-18H2,1-3H3,(H,30,31)/b16-13+. The lowest BCUT2D eigenvalue weighted by atomic mass is 9.76. The van der Waals surface area contributed by atoms with E-state index < -0.39 is 5.97 Å². The van der Waals surface area contributed by atoms with E-state index in [9.17, 15) is 4.79 Å². The van der Waals surface area contributed by atoms with Crippen molar-refractivity contribution in [1.29, 1.82) is 0 Å². The van der Waals surface area contributed by atoms with Crippen LogP contribution < -0.4 is 4.90 Å². The van der Waals surface area contributed by atoms with Gasteiger partial charge in [-0.25, -0.2) is 4.79 Å². The van der Waals surface area contributed by atoms with E-state index in [1.165, 1.54) is 34.0 Å². The van der Waals surface area contributed by atoms with Gasteiger partial charge in [0, 0.05) is 18.3 Å². The third kappa shape index (κ3) is 4.00. The molecule has 1 aliphatic rings. The maximum atomic E-state index is 10.9. The number of aliphatic carboxylic acids is 1. The van der Waals surface area contributed by atoms with Gasteiger partial charge in [0.05, 0.1) is 5.54 Å². The number of anilines is 1. The summed E-state index contributed by atoms with van der Waals surface area (Å²) in [4.78, 5) is 13.4. The fraction of sp³-hybridized carbons (Fsp3) is 0.250. The zero-order valence-corrected chi connectivity index (χ0v) is 18.4. The predicted molar refractivity (Wildman–Crippen MR) is 128 cm³/mol. The van der Waals surface area contributed by atoms with E-state index in [0.29, 0.717) is 5.92 Å². The van der Waals surface area contributed by atoms with E-state index in [4.69, 9.17) is 5.11 Å². The van der Waals surface area contributed by atoms with Gasteiger partial charge in [-0.2, -0.15) is 0 Å². The van der Waals surface area contributed by atoms with Crippen molar-refractivity contribution in [2.75, 3.05) is 11.4 Å². The van der Waals surface area contributed by atoms with Gasteiger partial charge in [0.2, 0.25) is 0 Å². The summed E-state index contributed by atoms with van der Waals surface area (Å²) in [6, 6.07) is 25.9. The van der Waals surface area contributed by atoms with Gasteiger partial charge in [0.15, 0.2) is 0 Å². The Hall–Kier alpha value is -3.33. The molecule has 0 amide bonds. The second-order valence-electron chi connectivity index (χ2n) is 8.67. The molecule has 1 heterocycles. The van der Waals surface area contributed by atoms with Crippen LogP contribution >= 0.6 is 0 Å². The van der Waals surface area contributed by atoms with Crippen molar-refractivity contribution in [3.05, 3.63) is 107 Å². The molecule has 31 heavy (non-hydrogen) atoms. The normalized spacial score (nSPS) is 18.4. The summed E-state index contributed by atoms with van der Waals surface area (Å²) in [6.45, 7) is 7.70. The molecule has 0 saturated heterocycles. The molecule has 0 aliphatic carbocycles. The molecule has 0 fully saturated rings. The Labute approximate surface area is 184 Å². The molecule has 0 bridgehead atoms. The van der Waals surface area contributed by atoms with Crippen molar-refractivity contribution in [2.24, 2.45) is 0 Å². The zero-order chi connectivity index (χ0) is 22.0. The minimum atomic E-state index is -0.937. The Morgan fingerprint density at radius 3 is 2.48 bits per heavy atom. The van der Waals surface area contributed by atoms with Crippen LogP contribution in [0.5, 0.6) is 0 Å². The Morgan fingerprint density at radius 2 is 1.77 bits per heavy atom. The topological polar surface area (TPSA) is 40.5 Å². The number of fused-ring (bicyclic) bond motifs is 1. The Balaban J connectivity index is 1.83. The Bertz CT molecular complexity index is 1110. The number of rotatable bonds is 5. The van der Waals surface area contributed by atoms with E-state index in [-0.39, 0.29) is 5.54 Å². The number of carbonyl (C=O) groups is 1. The number of carboxylic acid groups (broad SMARTS) is 1. The fourth-order valence-electron chi connectivity index (χ4n) is 4.65. The van der Waals surface area contributed by atoms with Gasteiger partial charge < -0.3 is 10.0 Å². The molecule has 3 nitrogen and oxygen atoms in total. The molecule has 0 radical (unpaired) electrons. The maximum Gasteiger partial charge on any atom is 0.328 e. The summed E-state index contributed by atoms with van der Waals surface area (Å²) in [7, 11) is 0. The molecule has 1 unspecified atom stereocenters. The van der Waals surface area contributed by atoms with Crippen LogP contribution in [0.25, 0.3) is 6.08 Å². The smallest absolute Gasteiger partial charge is 0.328 e. The number of nitrogens with zero attached hydrogens (tertiary/aromatic N) is 1. The monoisotopic (exact) mass is 411 g/mol. The number of hydrogen-bond donors (Lipinski definition) is 1. The second-order valence-corrected chi connectivity index (χ2v) is 8.67. The van der Waals surface area contributed by atoms with E-state index >= 15 is 0 Å². The first-order chi connectivity index (χ1) is 14.9. The highest BCUT2D eigenvalue weighted by molar-refractivity contribution is 5.85. The molecule has 158 valence electrons. The molecule has 0 spiro atoms. The van der Waals surface area contributed by atoms with Crippen molar-refractivity contribution < 1.29 is 9.90 Å². The van der Waals surface area contributed by atoms with E-state index in [2.05, 4.69) is 86.3 Å². The lowest BCUT2D eigenvalue weighted by molar-refractivity contribution is -0.131. The molecule has 3 aromatic rings. The van der Waals surface area contributed by atoms with Crippen molar-refractivity contribution in [3.63, 3.8) is 0 Å². The Kier molecular flexibility index (Phi) is 5.69. The molecule has 3 heteroatoms. The first kappa shape index (κ1) is 20.9. The molecule has 0 aromatic heterocycles. The number of hydrogen-bond acceptors (Lipinski definition) is 2.